The summed E-state index contributed by atoms with van der Waals surface area (Å²) in [5.74, 6) is 0.146. The molecule has 0 atom stereocenters. The molecule has 0 aromatic heterocycles. The molecule has 0 spiro atoms. The predicted molar refractivity (Wildman–Crippen MR) is 119 cm³/mol. The number of hydrogen-bond acceptors (Lipinski definition) is 5. The molecule has 1 fully saturated rings. The number of hydrogen-bond donors (Lipinski definition) is 2. The van der Waals surface area contributed by atoms with Gasteiger partial charge in [0.1, 0.15) is 0 Å². The number of nitrogens with one attached hydrogen (secondary N) is 2. The highest BCUT2D eigenvalue weighted by Crippen LogP contribution is 2.27. The molecule has 2 aromatic carbocycles. The summed E-state index contributed by atoms with van der Waals surface area (Å²) in [6.45, 7) is 3.09. The van der Waals surface area contributed by atoms with E-state index in [9.17, 15) is 9.59 Å². The van der Waals surface area contributed by atoms with Crippen LogP contribution in [-0.2, 0) is 22.6 Å². The predicted octanol–water partition coefficient (Wildman–Crippen LogP) is 2.14. The molecule has 7 nitrogen and oxygen atoms in total. The van der Waals surface area contributed by atoms with E-state index in [1.54, 1.807) is 14.2 Å². The Morgan fingerprint density at radius 2 is 1.65 bits per heavy atom. The normalized spacial score (nSPS) is 14.6. The fraction of sp³-hybridized carbons (Fsp3) is 0.417. The van der Waals surface area contributed by atoms with E-state index < -0.39 is 11.8 Å². The van der Waals surface area contributed by atoms with Crippen molar-refractivity contribution in [2.45, 2.75) is 31.8 Å². The van der Waals surface area contributed by atoms with Crippen molar-refractivity contribution in [3.8, 4) is 11.5 Å². The summed E-state index contributed by atoms with van der Waals surface area (Å²) in [5.41, 5.74) is 2.28. The van der Waals surface area contributed by atoms with Gasteiger partial charge in [-0.2, -0.15) is 0 Å². The Labute approximate surface area is 183 Å². The SMILES string of the molecule is COc1ccc(CCNC(=O)C(=O)NC2CCN(Cc3ccccc3)CC2)cc1OC. The average Bonchev–Trinajstić information content (AvgIpc) is 2.80. The third-order valence-corrected chi connectivity index (χ3v) is 5.53. The van der Waals surface area contributed by atoms with Gasteiger partial charge in [-0.3, -0.25) is 14.5 Å². The fourth-order valence-electron chi connectivity index (χ4n) is 3.76. The lowest BCUT2D eigenvalue weighted by Crippen LogP contribution is -2.49. The molecule has 7 heteroatoms. The first kappa shape index (κ1) is 22.6. The number of benzene rings is 2. The molecule has 1 aliphatic rings. The van der Waals surface area contributed by atoms with Crippen molar-refractivity contribution in [1.82, 2.24) is 15.5 Å². The van der Waals surface area contributed by atoms with Crippen LogP contribution in [-0.4, -0.2) is 56.6 Å². The number of carbonyl (C=O) groups is 2. The summed E-state index contributed by atoms with van der Waals surface area (Å²) in [6.07, 6.45) is 2.28. The second-order valence-electron chi connectivity index (χ2n) is 7.70. The number of methoxy groups -OCH3 is 2. The van der Waals surface area contributed by atoms with Crippen LogP contribution < -0.4 is 20.1 Å². The van der Waals surface area contributed by atoms with Crippen LogP contribution in [0, 0.1) is 0 Å². The maximum atomic E-state index is 12.2. The molecule has 1 saturated heterocycles. The van der Waals surface area contributed by atoms with E-state index in [1.807, 2.05) is 36.4 Å². The van der Waals surface area contributed by atoms with Gasteiger partial charge in [0.25, 0.3) is 0 Å². The zero-order valence-electron chi connectivity index (χ0n) is 18.2. The quantitative estimate of drug-likeness (QED) is 0.634. The molecule has 1 aliphatic heterocycles. The lowest BCUT2D eigenvalue weighted by molar-refractivity contribution is -0.139. The first-order valence-corrected chi connectivity index (χ1v) is 10.6. The smallest absolute Gasteiger partial charge is 0.309 e. The Morgan fingerprint density at radius 3 is 2.32 bits per heavy atom. The molecule has 2 amide bonds. The molecular formula is C24H31N3O4. The summed E-state index contributed by atoms with van der Waals surface area (Å²) in [7, 11) is 3.17. The van der Waals surface area contributed by atoms with Crippen LogP contribution in [0.1, 0.15) is 24.0 Å². The molecule has 3 rings (SSSR count). The highest BCUT2D eigenvalue weighted by molar-refractivity contribution is 6.35. The molecule has 0 unspecified atom stereocenters. The van der Waals surface area contributed by atoms with Gasteiger partial charge in [-0.1, -0.05) is 36.4 Å². The minimum Gasteiger partial charge on any atom is -0.493 e. The summed E-state index contributed by atoms with van der Waals surface area (Å²) < 4.78 is 10.5. The van der Waals surface area contributed by atoms with Gasteiger partial charge >= 0.3 is 11.8 Å². The average molecular weight is 426 g/mol. The van der Waals surface area contributed by atoms with Crippen LogP contribution in [0.2, 0.25) is 0 Å². The molecule has 31 heavy (non-hydrogen) atoms. The number of amides is 2. The Hall–Kier alpha value is -3.06. The molecule has 2 aromatic rings. The minimum atomic E-state index is -0.591. The zero-order chi connectivity index (χ0) is 22.1. The number of piperidine rings is 1. The Balaban J connectivity index is 1.37. The van der Waals surface area contributed by atoms with Gasteiger partial charge in [-0.15, -0.1) is 0 Å². The van der Waals surface area contributed by atoms with E-state index in [0.29, 0.717) is 24.5 Å². The van der Waals surface area contributed by atoms with Gasteiger partial charge in [0.15, 0.2) is 11.5 Å². The molecule has 2 N–H and O–H groups in total. The van der Waals surface area contributed by atoms with Gasteiger partial charge in [0.05, 0.1) is 14.2 Å². The van der Waals surface area contributed by atoms with E-state index in [0.717, 1.165) is 38.0 Å². The molecule has 0 radical (unpaired) electrons. The van der Waals surface area contributed by atoms with Crippen LogP contribution in [0.15, 0.2) is 48.5 Å². The largest absolute Gasteiger partial charge is 0.493 e. The van der Waals surface area contributed by atoms with Crippen LogP contribution in [0.3, 0.4) is 0 Å². The number of nitrogens with zero attached hydrogens (tertiary/aromatic N) is 1. The summed E-state index contributed by atoms with van der Waals surface area (Å²) >= 11 is 0. The second-order valence-corrected chi connectivity index (χ2v) is 7.70. The molecule has 0 aliphatic carbocycles. The molecule has 0 bridgehead atoms. The Morgan fingerprint density at radius 1 is 0.935 bits per heavy atom. The third kappa shape index (κ3) is 6.72. The van der Waals surface area contributed by atoms with Gasteiger partial charge in [0, 0.05) is 32.2 Å². The van der Waals surface area contributed by atoms with Crippen molar-refractivity contribution in [2.75, 3.05) is 33.9 Å². The highest BCUT2D eigenvalue weighted by atomic mass is 16.5. The van der Waals surface area contributed by atoms with E-state index in [1.165, 1.54) is 5.56 Å². The van der Waals surface area contributed by atoms with E-state index in [2.05, 4.69) is 27.7 Å². The highest BCUT2D eigenvalue weighted by Gasteiger charge is 2.23. The fourth-order valence-corrected chi connectivity index (χ4v) is 3.76. The van der Waals surface area contributed by atoms with Crippen LogP contribution >= 0.6 is 0 Å². The standard InChI is InChI=1S/C24H31N3O4/c1-30-21-9-8-18(16-22(21)31-2)10-13-25-23(28)24(29)26-20-11-14-27(15-12-20)17-19-6-4-3-5-7-19/h3-9,16,20H,10-15,17H2,1-2H3,(H,25,28)(H,26,29). The number of rotatable bonds is 8. The first-order valence-electron chi connectivity index (χ1n) is 10.6. The van der Waals surface area contributed by atoms with Crippen molar-refractivity contribution < 1.29 is 19.1 Å². The monoisotopic (exact) mass is 425 g/mol. The van der Waals surface area contributed by atoms with Gasteiger partial charge in [-0.05, 0) is 42.5 Å². The lowest BCUT2D eigenvalue weighted by Gasteiger charge is -2.32. The lowest BCUT2D eigenvalue weighted by atomic mass is 10.0. The van der Waals surface area contributed by atoms with Crippen molar-refractivity contribution in [3.05, 3.63) is 59.7 Å². The third-order valence-electron chi connectivity index (χ3n) is 5.53. The van der Waals surface area contributed by atoms with Crippen molar-refractivity contribution in [1.29, 1.82) is 0 Å². The number of likely N-dealkylation sites (tertiary alicyclic amines) is 1. The minimum absolute atomic E-state index is 0.0381. The van der Waals surface area contributed by atoms with Crippen molar-refractivity contribution in [3.63, 3.8) is 0 Å². The van der Waals surface area contributed by atoms with Crippen molar-refractivity contribution >= 4 is 11.8 Å². The second kappa shape index (κ2) is 11.4. The maximum Gasteiger partial charge on any atom is 0.309 e. The van der Waals surface area contributed by atoms with Gasteiger partial charge < -0.3 is 20.1 Å². The first-order chi connectivity index (χ1) is 15.1. The molecule has 0 saturated carbocycles. The topological polar surface area (TPSA) is 79.9 Å². The molecular weight excluding hydrogens is 394 g/mol. The van der Waals surface area contributed by atoms with Crippen LogP contribution in [0.4, 0.5) is 0 Å². The number of carbonyl (C=O) groups excluding carboxylic acids is 2. The van der Waals surface area contributed by atoms with Gasteiger partial charge in [0.2, 0.25) is 0 Å². The van der Waals surface area contributed by atoms with Crippen LogP contribution in [0.5, 0.6) is 11.5 Å². The summed E-state index contributed by atoms with van der Waals surface area (Å²) in [5, 5.41) is 5.57. The van der Waals surface area contributed by atoms with Crippen LogP contribution in [0.25, 0.3) is 0 Å². The summed E-state index contributed by atoms with van der Waals surface area (Å²) in [4.78, 5) is 26.8. The van der Waals surface area contributed by atoms with E-state index in [4.69, 9.17) is 9.47 Å². The van der Waals surface area contributed by atoms with E-state index in [-0.39, 0.29) is 6.04 Å². The summed E-state index contributed by atoms with van der Waals surface area (Å²) in [6, 6.07) is 16.0. The zero-order valence-corrected chi connectivity index (χ0v) is 18.2. The van der Waals surface area contributed by atoms with Gasteiger partial charge in [-0.25, -0.2) is 0 Å². The Kier molecular flexibility index (Phi) is 8.29. The Bertz CT molecular complexity index is 864. The van der Waals surface area contributed by atoms with E-state index >= 15 is 0 Å². The van der Waals surface area contributed by atoms with Crippen molar-refractivity contribution in [2.24, 2.45) is 0 Å². The molecule has 166 valence electrons. The molecule has 1 heterocycles. The maximum absolute atomic E-state index is 12.2. The number of ether oxygens (including phenoxy) is 2.